The molecule has 2 aromatic rings. The topological polar surface area (TPSA) is 42.2 Å². The molecule has 2 N–H and O–H groups in total. The zero-order valence-corrected chi connectivity index (χ0v) is 11.1. The monoisotopic (exact) mass is 261 g/mol. The minimum atomic E-state index is 0.590. The number of benzene rings is 1. The Labute approximate surface area is 112 Å². The summed E-state index contributed by atoms with van der Waals surface area (Å²) >= 11 is 6.05. The number of hydrogen-bond acceptors (Lipinski definition) is 3. The van der Waals surface area contributed by atoms with Crippen molar-refractivity contribution in [3.8, 4) is 0 Å². The Kier molecular flexibility index (Phi) is 4.05. The van der Waals surface area contributed by atoms with Crippen LogP contribution in [-0.2, 0) is 6.54 Å². The van der Waals surface area contributed by atoms with Crippen LogP contribution in [0.4, 0.5) is 11.4 Å². The molecule has 0 aliphatic heterocycles. The largest absolute Gasteiger partial charge is 0.396 e. The van der Waals surface area contributed by atoms with Gasteiger partial charge in [-0.3, -0.25) is 4.98 Å². The van der Waals surface area contributed by atoms with Crippen LogP contribution in [0.1, 0.15) is 12.6 Å². The number of para-hydroxylation sites is 1. The molecule has 0 saturated heterocycles. The number of pyridine rings is 1. The molecule has 0 aliphatic rings. The van der Waals surface area contributed by atoms with Crippen LogP contribution in [0.2, 0.25) is 5.02 Å². The van der Waals surface area contributed by atoms with E-state index in [1.165, 1.54) is 0 Å². The third kappa shape index (κ3) is 2.74. The minimum Gasteiger partial charge on any atom is -0.396 e. The molecule has 0 bridgehead atoms. The van der Waals surface area contributed by atoms with Crippen molar-refractivity contribution >= 4 is 23.0 Å². The van der Waals surface area contributed by atoms with Gasteiger partial charge in [-0.1, -0.05) is 23.7 Å². The summed E-state index contributed by atoms with van der Waals surface area (Å²) in [4.78, 5) is 6.48. The Morgan fingerprint density at radius 3 is 2.72 bits per heavy atom. The average Bonchev–Trinajstić information content (AvgIpc) is 2.41. The summed E-state index contributed by atoms with van der Waals surface area (Å²) in [5.41, 5.74) is 8.61. The third-order valence-corrected chi connectivity index (χ3v) is 3.16. The standard InChI is InChI=1S/C14H16ClN3/c1-2-18(10-11-6-3-4-9-17-11)13-8-5-7-12(15)14(13)16/h3-9H,2,10,16H2,1H3. The van der Waals surface area contributed by atoms with Crippen molar-refractivity contribution in [2.75, 3.05) is 17.2 Å². The van der Waals surface area contributed by atoms with E-state index in [9.17, 15) is 0 Å². The summed E-state index contributed by atoms with van der Waals surface area (Å²) in [7, 11) is 0. The number of anilines is 2. The van der Waals surface area contributed by atoms with Crippen LogP contribution in [0.15, 0.2) is 42.6 Å². The van der Waals surface area contributed by atoms with Gasteiger partial charge in [0.2, 0.25) is 0 Å². The molecule has 0 radical (unpaired) electrons. The number of rotatable bonds is 4. The summed E-state index contributed by atoms with van der Waals surface area (Å²) in [6, 6.07) is 11.6. The lowest BCUT2D eigenvalue weighted by molar-refractivity contribution is 0.811. The predicted octanol–water partition coefficient (Wildman–Crippen LogP) is 3.34. The lowest BCUT2D eigenvalue weighted by Gasteiger charge is -2.24. The molecular formula is C14H16ClN3. The molecule has 0 saturated carbocycles. The van der Waals surface area contributed by atoms with E-state index in [0.717, 1.165) is 24.5 Å². The zero-order chi connectivity index (χ0) is 13.0. The molecule has 1 aromatic heterocycles. The van der Waals surface area contributed by atoms with E-state index in [4.69, 9.17) is 17.3 Å². The normalized spacial score (nSPS) is 10.3. The van der Waals surface area contributed by atoms with E-state index in [2.05, 4.69) is 16.8 Å². The lowest BCUT2D eigenvalue weighted by Crippen LogP contribution is -2.23. The fraction of sp³-hybridized carbons (Fsp3) is 0.214. The fourth-order valence-electron chi connectivity index (χ4n) is 1.86. The van der Waals surface area contributed by atoms with Gasteiger partial charge in [0, 0.05) is 12.7 Å². The third-order valence-electron chi connectivity index (χ3n) is 2.83. The maximum atomic E-state index is 6.05. The Morgan fingerprint density at radius 1 is 1.22 bits per heavy atom. The second-order valence-electron chi connectivity index (χ2n) is 4.01. The molecule has 0 amide bonds. The van der Waals surface area contributed by atoms with Crippen molar-refractivity contribution in [3.05, 3.63) is 53.3 Å². The molecule has 2 rings (SSSR count). The van der Waals surface area contributed by atoms with Gasteiger partial charge in [-0.05, 0) is 31.2 Å². The van der Waals surface area contributed by atoms with Crippen molar-refractivity contribution in [1.29, 1.82) is 0 Å². The van der Waals surface area contributed by atoms with Crippen LogP contribution in [-0.4, -0.2) is 11.5 Å². The maximum Gasteiger partial charge on any atom is 0.0741 e. The maximum absolute atomic E-state index is 6.05. The molecule has 0 atom stereocenters. The molecule has 94 valence electrons. The first kappa shape index (κ1) is 12.7. The van der Waals surface area contributed by atoms with Crippen LogP contribution in [0, 0.1) is 0 Å². The summed E-state index contributed by atoms with van der Waals surface area (Å²) in [6.45, 7) is 3.66. The smallest absolute Gasteiger partial charge is 0.0741 e. The minimum absolute atomic E-state index is 0.590. The number of nitrogens with two attached hydrogens (primary N) is 1. The van der Waals surface area contributed by atoms with Crippen molar-refractivity contribution in [3.63, 3.8) is 0 Å². The number of nitrogens with zero attached hydrogens (tertiary/aromatic N) is 2. The second-order valence-corrected chi connectivity index (χ2v) is 4.42. The summed E-state index contributed by atoms with van der Waals surface area (Å²) in [5, 5.41) is 0.590. The number of hydrogen-bond donors (Lipinski definition) is 1. The zero-order valence-electron chi connectivity index (χ0n) is 10.3. The van der Waals surface area contributed by atoms with Gasteiger partial charge in [0.1, 0.15) is 0 Å². The molecule has 18 heavy (non-hydrogen) atoms. The van der Waals surface area contributed by atoms with Crippen molar-refractivity contribution in [2.45, 2.75) is 13.5 Å². The quantitative estimate of drug-likeness (QED) is 0.859. The SMILES string of the molecule is CCN(Cc1ccccn1)c1cccc(Cl)c1N. The molecule has 0 spiro atoms. The lowest BCUT2D eigenvalue weighted by atomic mass is 10.2. The van der Waals surface area contributed by atoms with E-state index in [1.54, 1.807) is 12.3 Å². The van der Waals surface area contributed by atoms with Crippen LogP contribution in [0.5, 0.6) is 0 Å². The highest BCUT2D eigenvalue weighted by Gasteiger charge is 2.11. The van der Waals surface area contributed by atoms with E-state index in [1.807, 2.05) is 30.3 Å². The van der Waals surface area contributed by atoms with Gasteiger partial charge in [-0.2, -0.15) is 0 Å². The molecule has 0 unspecified atom stereocenters. The highest BCUT2D eigenvalue weighted by atomic mass is 35.5. The van der Waals surface area contributed by atoms with E-state index in [-0.39, 0.29) is 0 Å². The summed E-state index contributed by atoms with van der Waals surface area (Å²) in [5.74, 6) is 0. The highest BCUT2D eigenvalue weighted by molar-refractivity contribution is 6.33. The van der Waals surface area contributed by atoms with Gasteiger partial charge < -0.3 is 10.6 Å². The first-order valence-corrected chi connectivity index (χ1v) is 6.29. The van der Waals surface area contributed by atoms with Crippen molar-refractivity contribution < 1.29 is 0 Å². The molecule has 3 nitrogen and oxygen atoms in total. The van der Waals surface area contributed by atoms with Gasteiger partial charge in [0.05, 0.1) is 28.6 Å². The molecule has 1 aromatic carbocycles. The van der Waals surface area contributed by atoms with Gasteiger partial charge in [-0.15, -0.1) is 0 Å². The average molecular weight is 262 g/mol. The summed E-state index contributed by atoms with van der Waals surface area (Å²) < 4.78 is 0. The summed E-state index contributed by atoms with van der Waals surface area (Å²) in [6.07, 6.45) is 1.80. The van der Waals surface area contributed by atoms with E-state index < -0.39 is 0 Å². The first-order chi connectivity index (χ1) is 8.72. The van der Waals surface area contributed by atoms with Gasteiger partial charge in [-0.25, -0.2) is 0 Å². The Morgan fingerprint density at radius 2 is 2.06 bits per heavy atom. The van der Waals surface area contributed by atoms with Gasteiger partial charge in [0.15, 0.2) is 0 Å². The number of halogens is 1. The molecular weight excluding hydrogens is 246 g/mol. The molecule has 0 aliphatic carbocycles. The van der Waals surface area contributed by atoms with Crippen LogP contribution < -0.4 is 10.6 Å². The van der Waals surface area contributed by atoms with Crippen molar-refractivity contribution in [2.24, 2.45) is 0 Å². The Hall–Kier alpha value is -1.74. The molecule has 1 heterocycles. The van der Waals surface area contributed by atoms with E-state index >= 15 is 0 Å². The predicted molar refractivity (Wildman–Crippen MR) is 76.8 cm³/mol. The van der Waals surface area contributed by atoms with Crippen LogP contribution >= 0.6 is 11.6 Å². The van der Waals surface area contributed by atoms with Crippen molar-refractivity contribution in [1.82, 2.24) is 4.98 Å². The second kappa shape index (κ2) is 5.74. The molecule has 4 heteroatoms. The molecule has 0 fully saturated rings. The number of nitrogen functional groups attached to an aromatic ring is 1. The van der Waals surface area contributed by atoms with Gasteiger partial charge in [0.25, 0.3) is 0 Å². The highest BCUT2D eigenvalue weighted by Crippen LogP contribution is 2.30. The Bertz CT molecular complexity index is 514. The first-order valence-electron chi connectivity index (χ1n) is 5.91. The fourth-order valence-corrected chi connectivity index (χ4v) is 2.03. The Balaban J connectivity index is 2.26. The van der Waals surface area contributed by atoms with Gasteiger partial charge >= 0.3 is 0 Å². The van der Waals surface area contributed by atoms with Crippen LogP contribution in [0.3, 0.4) is 0 Å². The van der Waals surface area contributed by atoms with E-state index in [0.29, 0.717) is 10.7 Å². The van der Waals surface area contributed by atoms with Crippen LogP contribution in [0.25, 0.3) is 0 Å². The number of aromatic nitrogens is 1.